The average molecular weight is 411 g/mol. The van der Waals surface area contributed by atoms with E-state index in [2.05, 4.69) is 38.9 Å². The maximum Gasteiger partial charge on any atom is 0.247 e. The van der Waals surface area contributed by atoms with Crippen molar-refractivity contribution in [3.05, 3.63) is 36.1 Å². The van der Waals surface area contributed by atoms with Crippen LogP contribution in [0.25, 0.3) is 22.4 Å². The Morgan fingerprint density at radius 1 is 1.27 bits per heavy atom. The van der Waals surface area contributed by atoms with Gasteiger partial charge in [0.15, 0.2) is 11.5 Å². The van der Waals surface area contributed by atoms with Crippen molar-refractivity contribution in [1.29, 1.82) is 0 Å². The third-order valence-corrected chi connectivity index (χ3v) is 5.50. The molecule has 1 aliphatic heterocycles. The summed E-state index contributed by atoms with van der Waals surface area (Å²) < 4.78 is 20.8. The number of halogens is 1. The van der Waals surface area contributed by atoms with E-state index < -0.39 is 11.5 Å². The van der Waals surface area contributed by atoms with Crippen LogP contribution in [0.5, 0.6) is 0 Å². The molecule has 0 spiro atoms. The molecule has 30 heavy (non-hydrogen) atoms. The van der Waals surface area contributed by atoms with Crippen LogP contribution in [0.4, 0.5) is 4.39 Å². The van der Waals surface area contributed by atoms with E-state index in [1.54, 1.807) is 13.1 Å². The maximum absolute atomic E-state index is 15.3. The Hall–Kier alpha value is -2.74. The summed E-state index contributed by atoms with van der Waals surface area (Å²) in [7, 11) is 0. The SMILES string of the molecule is Cc1nnc(-c2ccc3cnc(CC(=O)C4(F)CCN(CC(C)C)CC4)nc3c2)o1. The number of carbonyl (C=O) groups is 1. The van der Waals surface area contributed by atoms with Crippen LogP contribution in [-0.4, -0.2) is 56.2 Å². The van der Waals surface area contributed by atoms with Gasteiger partial charge in [-0.25, -0.2) is 14.4 Å². The summed E-state index contributed by atoms with van der Waals surface area (Å²) in [4.78, 5) is 23.7. The van der Waals surface area contributed by atoms with Crippen molar-refractivity contribution in [2.75, 3.05) is 19.6 Å². The lowest BCUT2D eigenvalue weighted by atomic mass is 9.87. The van der Waals surface area contributed by atoms with Gasteiger partial charge in [-0.2, -0.15) is 0 Å². The summed E-state index contributed by atoms with van der Waals surface area (Å²) in [5, 5.41) is 8.68. The largest absolute Gasteiger partial charge is 0.421 e. The molecule has 0 unspecified atom stereocenters. The van der Waals surface area contributed by atoms with E-state index in [9.17, 15) is 4.79 Å². The maximum atomic E-state index is 15.3. The van der Waals surface area contributed by atoms with Gasteiger partial charge in [-0.05, 0) is 18.1 Å². The number of ketones is 1. The summed E-state index contributed by atoms with van der Waals surface area (Å²) in [6.45, 7) is 8.15. The normalized spacial score (nSPS) is 17.0. The van der Waals surface area contributed by atoms with E-state index in [1.807, 2.05) is 18.2 Å². The zero-order valence-corrected chi connectivity index (χ0v) is 17.6. The Morgan fingerprint density at radius 3 is 2.70 bits per heavy atom. The molecule has 0 N–H and O–H groups in total. The van der Waals surface area contributed by atoms with Gasteiger partial charge in [0.1, 0.15) is 5.82 Å². The van der Waals surface area contributed by atoms with Crippen LogP contribution >= 0.6 is 0 Å². The fourth-order valence-corrected chi connectivity index (χ4v) is 3.88. The molecule has 1 fully saturated rings. The predicted molar refractivity (Wildman–Crippen MR) is 111 cm³/mol. The fourth-order valence-electron chi connectivity index (χ4n) is 3.88. The van der Waals surface area contributed by atoms with Crippen molar-refractivity contribution in [1.82, 2.24) is 25.1 Å². The highest BCUT2D eigenvalue weighted by atomic mass is 19.1. The third-order valence-electron chi connectivity index (χ3n) is 5.50. The molecule has 0 radical (unpaired) electrons. The fraction of sp³-hybridized carbons (Fsp3) is 0.500. The summed E-state index contributed by atoms with van der Waals surface area (Å²) in [6, 6.07) is 5.52. The van der Waals surface area contributed by atoms with Crippen LogP contribution in [0, 0.1) is 12.8 Å². The molecule has 0 atom stereocenters. The lowest BCUT2D eigenvalue weighted by molar-refractivity contribution is -0.133. The molecular weight excluding hydrogens is 385 g/mol. The van der Waals surface area contributed by atoms with Crippen LogP contribution in [0.15, 0.2) is 28.8 Å². The molecule has 0 aliphatic carbocycles. The van der Waals surface area contributed by atoms with E-state index in [4.69, 9.17) is 4.42 Å². The zero-order valence-electron chi connectivity index (χ0n) is 17.6. The molecule has 0 saturated carbocycles. The van der Waals surface area contributed by atoms with Crippen LogP contribution in [0.1, 0.15) is 38.4 Å². The standard InChI is InChI=1S/C22H26FN5O2/c1-14(2)13-28-8-6-22(23,7-9-28)19(29)11-20-24-12-17-5-4-16(10-18(17)25-20)21-27-26-15(3)30-21/h4-5,10,12,14H,6-9,11,13H2,1-3H3. The molecule has 8 heteroatoms. The smallest absolute Gasteiger partial charge is 0.247 e. The monoisotopic (exact) mass is 411 g/mol. The summed E-state index contributed by atoms with van der Waals surface area (Å²) >= 11 is 0. The van der Waals surface area contributed by atoms with Gasteiger partial charge in [0, 0.05) is 56.5 Å². The molecule has 2 aromatic heterocycles. The summed E-state index contributed by atoms with van der Waals surface area (Å²) in [6.07, 6.45) is 2.00. The minimum absolute atomic E-state index is 0.111. The molecule has 1 aromatic carbocycles. The number of Topliss-reactive ketones (excluding diaryl/α,β-unsaturated/α-hetero) is 1. The van der Waals surface area contributed by atoms with Crippen LogP contribution < -0.4 is 0 Å². The van der Waals surface area contributed by atoms with E-state index in [1.165, 1.54) is 0 Å². The van der Waals surface area contributed by atoms with Crippen molar-refractivity contribution in [2.24, 2.45) is 5.92 Å². The van der Waals surface area contributed by atoms with Gasteiger partial charge < -0.3 is 9.32 Å². The van der Waals surface area contributed by atoms with E-state index in [-0.39, 0.29) is 19.3 Å². The zero-order chi connectivity index (χ0) is 21.3. The number of likely N-dealkylation sites (tertiary alicyclic amines) is 1. The number of hydrogen-bond donors (Lipinski definition) is 0. The van der Waals surface area contributed by atoms with Crippen molar-refractivity contribution in [3.63, 3.8) is 0 Å². The second-order valence-corrected chi connectivity index (χ2v) is 8.45. The number of fused-ring (bicyclic) bond motifs is 1. The first-order valence-electron chi connectivity index (χ1n) is 10.3. The lowest BCUT2D eigenvalue weighted by Gasteiger charge is -2.36. The molecular formula is C22H26FN5O2. The minimum Gasteiger partial charge on any atom is -0.421 e. The van der Waals surface area contributed by atoms with Crippen LogP contribution in [-0.2, 0) is 11.2 Å². The van der Waals surface area contributed by atoms with E-state index >= 15 is 4.39 Å². The van der Waals surface area contributed by atoms with Gasteiger partial charge in [0.25, 0.3) is 0 Å². The Kier molecular flexibility index (Phi) is 5.60. The average Bonchev–Trinajstić information content (AvgIpc) is 3.15. The first kappa shape index (κ1) is 20.5. The van der Waals surface area contributed by atoms with Crippen LogP contribution in [0.2, 0.25) is 0 Å². The Morgan fingerprint density at radius 2 is 2.03 bits per heavy atom. The summed E-state index contributed by atoms with van der Waals surface area (Å²) in [5.74, 6) is 1.30. The molecule has 3 aromatic rings. The molecule has 158 valence electrons. The second-order valence-electron chi connectivity index (χ2n) is 8.45. The van der Waals surface area contributed by atoms with Crippen molar-refractivity contribution < 1.29 is 13.6 Å². The molecule has 0 bridgehead atoms. The predicted octanol–water partition coefficient (Wildman–Crippen LogP) is 3.56. The Balaban J connectivity index is 1.48. The number of aryl methyl sites for hydroxylation is 1. The van der Waals surface area contributed by atoms with Gasteiger partial charge in [-0.15, -0.1) is 10.2 Å². The Labute approximate surface area is 174 Å². The number of alkyl halides is 1. The highest BCUT2D eigenvalue weighted by Crippen LogP contribution is 2.29. The van der Waals surface area contributed by atoms with Crippen molar-refractivity contribution in [2.45, 2.75) is 45.7 Å². The summed E-state index contributed by atoms with van der Waals surface area (Å²) in [5.41, 5.74) is -0.408. The molecule has 4 rings (SSSR count). The number of benzene rings is 1. The number of carbonyl (C=O) groups excluding carboxylic acids is 1. The molecule has 1 saturated heterocycles. The number of nitrogens with zero attached hydrogens (tertiary/aromatic N) is 5. The number of hydrogen-bond acceptors (Lipinski definition) is 7. The van der Waals surface area contributed by atoms with Gasteiger partial charge in [-0.3, -0.25) is 4.79 Å². The highest BCUT2D eigenvalue weighted by Gasteiger charge is 2.41. The molecule has 1 aliphatic rings. The van der Waals surface area contributed by atoms with Gasteiger partial charge in [-0.1, -0.05) is 19.9 Å². The molecule has 0 amide bonds. The van der Waals surface area contributed by atoms with E-state index in [0.29, 0.717) is 42.1 Å². The molecule has 7 nitrogen and oxygen atoms in total. The van der Waals surface area contributed by atoms with Crippen molar-refractivity contribution >= 4 is 16.7 Å². The first-order valence-corrected chi connectivity index (χ1v) is 10.3. The number of aromatic nitrogens is 4. The molecule has 3 heterocycles. The quantitative estimate of drug-likeness (QED) is 0.613. The minimum atomic E-state index is -1.80. The van der Waals surface area contributed by atoms with Crippen molar-refractivity contribution in [3.8, 4) is 11.5 Å². The number of piperidine rings is 1. The van der Waals surface area contributed by atoms with Gasteiger partial charge in [0.2, 0.25) is 11.8 Å². The van der Waals surface area contributed by atoms with Crippen LogP contribution in [0.3, 0.4) is 0 Å². The topological polar surface area (TPSA) is 85.0 Å². The first-order chi connectivity index (χ1) is 14.3. The van der Waals surface area contributed by atoms with E-state index in [0.717, 1.165) is 17.5 Å². The second kappa shape index (κ2) is 8.18. The third kappa shape index (κ3) is 4.38. The van der Waals surface area contributed by atoms with Gasteiger partial charge >= 0.3 is 0 Å². The Bertz CT molecular complexity index is 1060. The number of rotatable bonds is 6. The lowest BCUT2D eigenvalue weighted by Crippen LogP contribution is -2.47. The highest BCUT2D eigenvalue weighted by molar-refractivity contribution is 5.89. The van der Waals surface area contributed by atoms with Gasteiger partial charge in [0.05, 0.1) is 11.9 Å².